The van der Waals surface area contributed by atoms with E-state index in [1.807, 2.05) is 63.2 Å². The number of aliphatic hydroxyl groups excluding tert-OH is 1. The molecule has 0 saturated heterocycles. The molecule has 2 atom stereocenters. The SMILES string of the molecule is COCCOCOc1c(I)cc(I)cc1[C@H](CC(=O)OC(C)(C)C)NC(CO)c1ccccc1. The van der Waals surface area contributed by atoms with Crippen molar-refractivity contribution in [3.05, 3.63) is 60.7 Å². The number of nitrogens with one attached hydrogen (secondary N) is 1. The highest BCUT2D eigenvalue weighted by Gasteiger charge is 2.28. The third-order valence-corrected chi connectivity index (χ3v) is 6.13. The van der Waals surface area contributed by atoms with E-state index >= 15 is 0 Å². The first-order chi connectivity index (χ1) is 16.1. The van der Waals surface area contributed by atoms with Crippen molar-refractivity contribution in [2.24, 2.45) is 0 Å². The van der Waals surface area contributed by atoms with Crippen molar-refractivity contribution < 1.29 is 28.8 Å². The molecule has 0 bridgehead atoms. The molecular formula is C25H33I2NO6. The van der Waals surface area contributed by atoms with E-state index in [2.05, 4.69) is 50.5 Å². The molecule has 9 heteroatoms. The van der Waals surface area contributed by atoms with Gasteiger partial charge in [-0.1, -0.05) is 30.3 Å². The van der Waals surface area contributed by atoms with Gasteiger partial charge in [-0.25, -0.2) is 0 Å². The fraction of sp³-hybridized carbons (Fsp3) is 0.480. The fourth-order valence-corrected chi connectivity index (χ4v) is 5.33. The molecule has 0 fully saturated rings. The summed E-state index contributed by atoms with van der Waals surface area (Å²) in [4.78, 5) is 12.9. The molecule has 7 nitrogen and oxygen atoms in total. The van der Waals surface area contributed by atoms with Crippen molar-refractivity contribution in [3.63, 3.8) is 0 Å². The lowest BCUT2D eigenvalue weighted by atomic mass is 9.99. The summed E-state index contributed by atoms with van der Waals surface area (Å²) in [5.41, 5.74) is 1.11. The van der Waals surface area contributed by atoms with Crippen LogP contribution in [-0.4, -0.2) is 50.4 Å². The van der Waals surface area contributed by atoms with E-state index in [1.165, 1.54) is 0 Å². The van der Waals surface area contributed by atoms with E-state index in [4.69, 9.17) is 18.9 Å². The summed E-state index contributed by atoms with van der Waals surface area (Å²) in [6.45, 7) is 6.32. The number of benzene rings is 2. The lowest BCUT2D eigenvalue weighted by molar-refractivity contribution is -0.155. The minimum atomic E-state index is -0.606. The molecule has 1 unspecified atom stereocenters. The average Bonchev–Trinajstić information content (AvgIpc) is 2.76. The topological polar surface area (TPSA) is 86.3 Å². The van der Waals surface area contributed by atoms with Crippen LogP contribution in [0.15, 0.2) is 42.5 Å². The Balaban J connectivity index is 2.39. The second-order valence-corrected chi connectivity index (χ2v) is 11.0. The van der Waals surface area contributed by atoms with Crippen molar-refractivity contribution in [3.8, 4) is 5.75 Å². The molecular weight excluding hydrogens is 664 g/mol. The van der Waals surface area contributed by atoms with Crippen molar-refractivity contribution in [2.45, 2.75) is 44.9 Å². The Bertz CT molecular complexity index is 904. The van der Waals surface area contributed by atoms with Gasteiger partial charge < -0.3 is 29.4 Å². The smallest absolute Gasteiger partial charge is 0.308 e. The third-order valence-electron chi connectivity index (χ3n) is 4.71. The first-order valence-corrected chi connectivity index (χ1v) is 13.1. The zero-order valence-corrected chi connectivity index (χ0v) is 24.3. The number of methoxy groups -OCH3 is 1. The van der Waals surface area contributed by atoms with E-state index < -0.39 is 11.6 Å². The Labute approximate surface area is 229 Å². The van der Waals surface area contributed by atoms with Gasteiger partial charge in [-0.2, -0.15) is 0 Å². The van der Waals surface area contributed by atoms with Gasteiger partial charge in [-0.3, -0.25) is 4.79 Å². The number of rotatable bonds is 13. The molecule has 0 aliphatic carbocycles. The zero-order valence-electron chi connectivity index (χ0n) is 20.0. The maximum absolute atomic E-state index is 12.9. The minimum absolute atomic E-state index is 0.0498. The molecule has 188 valence electrons. The maximum atomic E-state index is 12.9. The van der Waals surface area contributed by atoms with Crippen LogP contribution in [0.1, 0.15) is 50.4 Å². The van der Waals surface area contributed by atoms with Gasteiger partial charge in [0.25, 0.3) is 0 Å². The molecule has 2 aromatic carbocycles. The average molecular weight is 697 g/mol. The predicted octanol–water partition coefficient (Wildman–Crippen LogP) is 4.99. The molecule has 0 spiro atoms. The largest absolute Gasteiger partial charge is 0.466 e. The summed E-state index contributed by atoms with van der Waals surface area (Å²) < 4.78 is 24.0. The molecule has 0 amide bonds. The standard InChI is InChI=1S/C25H33I2NO6/c1-25(2,3)34-23(30)14-21(28-22(15-29)17-8-6-5-7-9-17)19-12-18(26)13-20(27)24(19)33-16-32-11-10-31-4/h5-9,12-13,21-22,28-29H,10-11,14-16H2,1-4H3/t21-,22?/m0/s1. The van der Waals surface area contributed by atoms with Crippen LogP contribution in [0.25, 0.3) is 0 Å². The molecule has 0 aromatic heterocycles. The van der Waals surface area contributed by atoms with E-state index in [1.54, 1.807) is 7.11 Å². The summed E-state index contributed by atoms with van der Waals surface area (Å²) in [6.07, 6.45) is 0.0671. The summed E-state index contributed by atoms with van der Waals surface area (Å²) in [5.74, 6) is 0.287. The Hall–Kier alpha value is -0.990. The number of aliphatic hydroxyl groups is 1. The molecule has 2 rings (SSSR count). The molecule has 34 heavy (non-hydrogen) atoms. The monoisotopic (exact) mass is 697 g/mol. The normalized spacial score (nSPS) is 13.4. The van der Waals surface area contributed by atoms with Gasteiger partial charge in [0.2, 0.25) is 0 Å². The number of esters is 1. The third kappa shape index (κ3) is 9.94. The summed E-state index contributed by atoms with van der Waals surface area (Å²) >= 11 is 4.47. The molecule has 0 aliphatic rings. The van der Waals surface area contributed by atoms with Gasteiger partial charge in [0, 0.05) is 22.3 Å². The number of carbonyl (C=O) groups excluding carboxylic acids is 1. The summed E-state index contributed by atoms with van der Waals surface area (Å²) in [6, 6.07) is 12.8. The van der Waals surface area contributed by atoms with E-state index in [0.29, 0.717) is 19.0 Å². The highest BCUT2D eigenvalue weighted by molar-refractivity contribution is 14.1. The van der Waals surface area contributed by atoms with Gasteiger partial charge >= 0.3 is 5.97 Å². The number of halogens is 2. The predicted molar refractivity (Wildman–Crippen MR) is 148 cm³/mol. The van der Waals surface area contributed by atoms with Crippen molar-refractivity contribution >= 4 is 51.2 Å². The van der Waals surface area contributed by atoms with Gasteiger partial charge in [0.05, 0.1) is 35.9 Å². The van der Waals surface area contributed by atoms with Crippen molar-refractivity contribution in [1.29, 1.82) is 0 Å². The van der Waals surface area contributed by atoms with Crippen LogP contribution < -0.4 is 10.1 Å². The van der Waals surface area contributed by atoms with Crippen molar-refractivity contribution in [2.75, 3.05) is 33.7 Å². The van der Waals surface area contributed by atoms with E-state index in [0.717, 1.165) is 18.3 Å². The Morgan fingerprint density at radius 3 is 2.41 bits per heavy atom. The van der Waals surface area contributed by atoms with Crippen LogP contribution >= 0.6 is 45.2 Å². The molecule has 0 aliphatic heterocycles. The van der Waals surface area contributed by atoms with Gasteiger partial charge in [-0.05, 0) is 83.6 Å². The zero-order chi connectivity index (χ0) is 25.1. The summed E-state index contributed by atoms with van der Waals surface area (Å²) in [5, 5.41) is 13.6. The fourth-order valence-electron chi connectivity index (χ4n) is 3.28. The van der Waals surface area contributed by atoms with E-state index in [9.17, 15) is 9.90 Å². The quantitative estimate of drug-likeness (QED) is 0.132. The Morgan fingerprint density at radius 2 is 1.79 bits per heavy atom. The molecule has 0 radical (unpaired) electrons. The highest BCUT2D eigenvalue weighted by Crippen LogP contribution is 2.36. The van der Waals surface area contributed by atoms with Crippen LogP contribution in [0.2, 0.25) is 0 Å². The van der Waals surface area contributed by atoms with Crippen LogP contribution in [0.5, 0.6) is 5.75 Å². The number of ether oxygens (including phenoxy) is 4. The van der Waals surface area contributed by atoms with Gasteiger partial charge in [-0.15, -0.1) is 0 Å². The van der Waals surface area contributed by atoms with Crippen molar-refractivity contribution in [1.82, 2.24) is 5.32 Å². The minimum Gasteiger partial charge on any atom is -0.466 e. The number of hydrogen-bond donors (Lipinski definition) is 2. The van der Waals surface area contributed by atoms with E-state index in [-0.39, 0.29) is 31.8 Å². The Morgan fingerprint density at radius 1 is 1.09 bits per heavy atom. The lowest BCUT2D eigenvalue weighted by Crippen LogP contribution is -2.33. The van der Waals surface area contributed by atoms with Gasteiger partial charge in [0.1, 0.15) is 11.4 Å². The van der Waals surface area contributed by atoms with Crippen LogP contribution in [-0.2, 0) is 19.0 Å². The van der Waals surface area contributed by atoms with Crippen LogP contribution in [0, 0.1) is 7.14 Å². The van der Waals surface area contributed by atoms with Gasteiger partial charge in [0.15, 0.2) is 6.79 Å². The highest BCUT2D eigenvalue weighted by atomic mass is 127. The molecule has 2 aromatic rings. The first kappa shape index (κ1) is 29.2. The first-order valence-electron chi connectivity index (χ1n) is 11.0. The summed E-state index contributed by atoms with van der Waals surface area (Å²) in [7, 11) is 1.61. The lowest BCUT2D eigenvalue weighted by Gasteiger charge is -2.28. The molecule has 2 N–H and O–H groups in total. The second kappa shape index (κ2) is 14.5. The number of hydrogen-bond acceptors (Lipinski definition) is 7. The van der Waals surface area contributed by atoms with Crippen LogP contribution in [0.3, 0.4) is 0 Å². The molecule has 0 heterocycles. The number of carbonyl (C=O) groups is 1. The molecule has 0 saturated carbocycles. The second-order valence-electron chi connectivity index (χ2n) is 8.62. The van der Waals surface area contributed by atoms with Crippen LogP contribution in [0.4, 0.5) is 0 Å². The Kier molecular flexibility index (Phi) is 12.5. The maximum Gasteiger partial charge on any atom is 0.308 e.